The first kappa shape index (κ1) is 12.8. The molecule has 0 heterocycles. The van der Waals surface area contributed by atoms with Crippen LogP contribution in [0, 0.1) is 0 Å². The van der Waals surface area contributed by atoms with Gasteiger partial charge in [-0.2, -0.15) is 4.31 Å². The largest absolute Gasteiger partial charge is 0.705 e. The molecule has 72 valence electrons. The van der Waals surface area contributed by atoms with Crippen LogP contribution < -0.4 is 0 Å². The van der Waals surface area contributed by atoms with Gasteiger partial charge in [0.2, 0.25) is 0 Å². The van der Waals surface area contributed by atoms with E-state index in [9.17, 15) is 13.7 Å². The standard InChI is InChI=1S/BrH2O8P3/c1-11(4,5)9-12(6,7)8-10(2)3/h(H2-,2,3,4,5,6,7)/p+1. The van der Waals surface area contributed by atoms with Crippen molar-refractivity contribution in [2.45, 2.75) is 0 Å². The van der Waals surface area contributed by atoms with Gasteiger partial charge < -0.3 is 4.89 Å². The molecule has 0 amide bonds. The maximum absolute atomic E-state index is 10.4. The van der Waals surface area contributed by atoms with Crippen LogP contribution in [0.15, 0.2) is 0 Å². The molecule has 0 saturated carbocycles. The van der Waals surface area contributed by atoms with Crippen molar-refractivity contribution in [3.8, 4) is 0 Å². The van der Waals surface area contributed by atoms with Crippen molar-refractivity contribution in [2.75, 3.05) is 0 Å². The summed E-state index contributed by atoms with van der Waals surface area (Å²) in [5, 5.41) is 0. The zero-order valence-corrected chi connectivity index (χ0v) is 9.37. The summed E-state index contributed by atoms with van der Waals surface area (Å²) >= 11 is 2.00. The lowest BCUT2D eigenvalue weighted by Gasteiger charge is -2.04. The van der Waals surface area contributed by atoms with E-state index >= 15 is 0 Å². The lowest BCUT2D eigenvalue weighted by Crippen LogP contribution is -1.84. The van der Waals surface area contributed by atoms with Crippen LogP contribution in [-0.4, -0.2) is 14.7 Å². The third kappa shape index (κ3) is 7.49. The summed E-state index contributed by atoms with van der Waals surface area (Å²) < 4.78 is 37.5. The smallest absolute Gasteiger partial charge is 0.316 e. The van der Waals surface area contributed by atoms with Gasteiger partial charge in [-0.25, -0.2) is 9.13 Å². The molecule has 3 unspecified atom stereocenters. The number of halogens is 1. The van der Waals surface area contributed by atoms with E-state index in [1.807, 2.05) is 15.5 Å². The number of hydrogen-bond donors (Lipinski definition) is 3. The van der Waals surface area contributed by atoms with Crippen molar-refractivity contribution in [1.29, 1.82) is 0 Å². The predicted molar refractivity (Wildman–Crippen MR) is 40.6 cm³/mol. The van der Waals surface area contributed by atoms with E-state index in [0.717, 1.165) is 0 Å². The van der Waals surface area contributed by atoms with Gasteiger partial charge >= 0.3 is 22.4 Å². The van der Waals surface area contributed by atoms with Gasteiger partial charge in [-0.05, 0) is 4.31 Å². The Morgan fingerprint density at radius 3 is 2.00 bits per heavy atom. The minimum Gasteiger partial charge on any atom is -0.316 e. The fourth-order valence-corrected chi connectivity index (χ4v) is 3.82. The van der Waals surface area contributed by atoms with Crippen LogP contribution in [0.1, 0.15) is 0 Å². The molecule has 3 N–H and O–H groups in total. The molecule has 8 nitrogen and oxygen atoms in total. The summed E-state index contributed by atoms with van der Waals surface area (Å²) in [5.41, 5.74) is 0. The normalized spacial score (nSPS) is 22.5. The summed E-state index contributed by atoms with van der Waals surface area (Å²) in [4.78, 5) is 24.7. The van der Waals surface area contributed by atoms with E-state index in [4.69, 9.17) is 14.7 Å². The Balaban J connectivity index is 4.35. The highest BCUT2D eigenvalue weighted by Crippen LogP contribution is 2.66. The zero-order valence-electron chi connectivity index (χ0n) is 5.10. The second-order valence-corrected chi connectivity index (χ2v) is 7.63. The van der Waals surface area contributed by atoms with Gasteiger partial charge in [0.25, 0.3) is 0 Å². The Bertz CT molecular complexity index is 261. The molecule has 0 aliphatic rings. The zero-order chi connectivity index (χ0) is 9.99. The van der Waals surface area contributed by atoms with Crippen molar-refractivity contribution in [2.24, 2.45) is 0 Å². The van der Waals surface area contributed by atoms with Crippen molar-refractivity contribution in [3.05, 3.63) is 0 Å². The predicted octanol–water partition coefficient (Wildman–Crippen LogP) is 1.26. The molecule has 0 bridgehead atoms. The first-order valence-corrected chi connectivity index (χ1v) is 8.27. The third-order valence-electron chi connectivity index (χ3n) is 0.377. The summed E-state index contributed by atoms with van der Waals surface area (Å²) in [6, 6.07) is 0. The topological polar surface area (TPSA) is 130 Å². The van der Waals surface area contributed by atoms with Crippen molar-refractivity contribution < 1.29 is 37.0 Å². The molecule has 0 aromatic carbocycles. The average molecular weight is 304 g/mol. The minimum atomic E-state index is -4.96. The molecule has 3 atom stereocenters. The Kier molecular flexibility index (Phi) is 4.68. The first-order valence-electron chi connectivity index (χ1n) is 2.05. The van der Waals surface area contributed by atoms with Crippen LogP contribution in [0.5, 0.6) is 0 Å². The summed E-state index contributed by atoms with van der Waals surface area (Å²) in [6.45, 7) is 0. The molecule has 0 aromatic rings. The van der Waals surface area contributed by atoms with E-state index in [2.05, 4.69) is 8.62 Å². The maximum atomic E-state index is 10.4. The molecular weight excluding hydrogens is 301 g/mol. The molecule has 0 saturated heterocycles. The Hall–Kier alpha value is 0.840. The van der Waals surface area contributed by atoms with Gasteiger partial charge in [-0.3, -0.25) is 4.89 Å². The third-order valence-corrected chi connectivity index (χ3v) is 4.56. The molecule has 0 rings (SSSR count). The van der Waals surface area contributed by atoms with Gasteiger partial charge in [0.1, 0.15) is 0 Å². The van der Waals surface area contributed by atoms with Gasteiger partial charge in [-0.1, -0.05) is 0 Å². The van der Waals surface area contributed by atoms with E-state index < -0.39 is 22.4 Å². The number of hydrogen-bond acceptors (Lipinski definition) is 5. The lowest BCUT2D eigenvalue weighted by atomic mass is 15.7. The van der Waals surface area contributed by atoms with Crippen LogP contribution in [-0.2, 0) is 22.3 Å². The average Bonchev–Trinajstić information content (AvgIpc) is 1.48. The molecule has 0 aliphatic carbocycles. The van der Waals surface area contributed by atoms with Gasteiger partial charge in [0.15, 0.2) is 0 Å². The van der Waals surface area contributed by atoms with E-state index in [1.54, 1.807) is 0 Å². The molecular formula is H3BrO8P3+. The summed E-state index contributed by atoms with van der Waals surface area (Å²) in [7, 11) is -8.35. The van der Waals surface area contributed by atoms with E-state index in [-0.39, 0.29) is 0 Å². The molecule has 0 fully saturated rings. The quantitative estimate of drug-likeness (QED) is 0.662. The lowest BCUT2D eigenvalue weighted by molar-refractivity contribution is 0.270. The van der Waals surface area contributed by atoms with Crippen LogP contribution in [0.25, 0.3) is 0 Å². The van der Waals surface area contributed by atoms with E-state index in [1.165, 1.54) is 0 Å². The van der Waals surface area contributed by atoms with Crippen molar-refractivity contribution in [1.82, 2.24) is 0 Å². The SMILES string of the molecule is O=[P+](O)OP(=O)(O)OP(=O)(O)Br. The highest BCUT2D eigenvalue weighted by atomic mass is 79.9. The van der Waals surface area contributed by atoms with E-state index in [0.29, 0.717) is 0 Å². The van der Waals surface area contributed by atoms with Crippen LogP contribution in [0.3, 0.4) is 0 Å². The molecule has 0 aromatic heterocycles. The second-order valence-electron chi connectivity index (χ2n) is 1.32. The number of phosphoric acid groups is 1. The molecule has 12 heavy (non-hydrogen) atoms. The minimum absolute atomic E-state index is 2.00. The van der Waals surface area contributed by atoms with Crippen LogP contribution in [0.4, 0.5) is 0 Å². The highest BCUT2D eigenvalue weighted by molar-refractivity contribution is 9.39. The highest BCUT2D eigenvalue weighted by Gasteiger charge is 2.40. The van der Waals surface area contributed by atoms with Crippen LogP contribution >= 0.6 is 37.9 Å². The Morgan fingerprint density at radius 2 is 1.75 bits per heavy atom. The fraction of sp³-hybridized carbons (Fsp3) is 0. The fourth-order valence-electron chi connectivity index (χ4n) is 0.230. The molecule has 0 radical (unpaired) electrons. The van der Waals surface area contributed by atoms with Gasteiger partial charge in [0.05, 0.1) is 0 Å². The second kappa shape index (κ2) is 4.37. The first-order chi connectivity index (χ1) is 5.12. The summed E-state index contributed by atoms with van der Waals surface area (Å²) in [6.07, 6.45) is -4.41. The van der Waals surface area contributed by atoms with Crippen molar-refractivity contribution in [3.63, 3.8) is 0 Å². The van der Waals surface area contributed by atoms with Gasteiger partial charge in [0, 0.05) is 20.1 Å². The molecule has 0 aliphatic heterocycles. The number of rotatable bonds is 4. The molecule has 12 heteroatoms. The van der Waals surface area contributed by atoms with Crippen molar-refractivity contribution >= 4 is 37.9 Å². The van der Waals surface area contributed by atoms with Crippen LogP contribution in [0.2, 0.25) is 0 Å². The summed E-state index contributed by atoms with van der Waals surface area (Å²) in [5.74, 6) is 0. The monoisotopic (exact) mass is 303 g/mol. The maximum Gasteiger partial charge on any atom is 0.705 e. The van der Waals surface area contributed by atoms with Gasteiger partial charge in [-0.15, -0.1) is 4.89 Å². The Morgan fingerprint density at radius 1 is 1.33 bits per heavy atom. The molecule has 0 spiro atoms. The Labute approximate surface area is 75.4 Å².